The van der Waals surface area contributed by atoms with Crippen LogP contribution in [-0.2, 0) is 6.54 Å². The molecule has 2 atom stereocenters. The van der Waals surface area contributed by atoms with Gasteiger partial charge >= 0.3 is 0 Å². The fourth-order valence-electron chi connectivity index (χ4n) is 1.46. The lowest BCUT2D eigenvalue weighted by Gasteiger charge is -2.16. The van der Waals surface area contributed by atoms with Crippen molar-refractivity contribution in [3.63, 3.8) is 0 Å². The van der Waals surface area contributed by atoms with Crippen molar-refractivity contribution in [3.8, 4) is 0 Å². The summed E-state index contributed by atoms with van der Waals surface area (Å²) in [5.74, 6) is 0. The molecule has 0 saturated carbocycles. The summed E-state index contributed by atoms with van der Waals surface area (Å²) in [6.45, 7) is 6.91. The largest absolute Gasteiger partial charge is 0.392 e. The molecule has 2 N–H and O–H groups in total. The minimum atomic E-state index is -0.276. The van der Waals surface area contributed by atoms with Crippen LogP contribution < -0.4 is 5.32 Å². The van der Waals surface area contributed by atoms with Gasteiger partial charge in [-0.15, -0.1) is 11.8 Å². The number of hydrogen-bond donors (Lipinski definition) is 2. The van der Waals surface area contributed by atoms with Crippen molar-refractivity contribution in [2.45, 2.75) is 43.6 Å². The van der Waals surface area contributed by atoms with Crippen LogP contribution in [0.1, 0.15) is 25.0 Å². The van der Waals surface area contributed by atoms with E-state index in [2.05, 4.69) is 37.4 Å². The lowest BCUT2D eigenvalue weighted by Crippen LogP contribution is -2.15. The van der Waals surface area contributed by atoms with E-state index >= 15 is 0 Å². The van der Waals surface area contributed by atoms with Crippen LogP contribution in [0.5, 0.6) is 0 Å². The molecular formula is C13H21NOS. The first-order valence-electron chi connectivity index (χ1n) is 5.63. The summed E-state index contributed by atoms with van der Waals surface area (Å²) in [5.41, 5.74) is 2.58. The highest BCUT2D eigenvalue weighted by Crippen LogP contribution is 2.28. The molecule has 0 bridgehead atoms. The molecule has 2 nitrogen and oxygen atoms in total. The van der Waals surface area contributed by atoms with Gasteiger partial charge in [-0.1, -0.05) is 19.1 Å². The molecule has 0 saturated heterocycles. The molecule has 3 heteroatoms. The molecule has 1 rings (SSSR count). The molecule has 0 fully saturated rings. The number of thioether (sulfide) groups is 1. The van der Waals surface area contributed by atoms with Crippen LogP contribution in [0.4, 0.5) is 0 Å². The summed E-state index contributed by atoms with van der Waals surface area (Å²) in [7, 11) is 1.95. The summed E-state index contributed by atoms with van der Waals surface area (Å²) in [6.07, 6.45) is -0.276. The quantitative estimate of drug-likeness (QED) is 0.775. The minimum Gasteiger partial charge on any atom is -0.392 e. The van der Waals surface area contributed by atoms with E-state index in [1.807, 2.05) is 14.0 Å². The second-order valence-corrected chi connectivity index (χ2v) is 5.61. The SMILES string of the molecule is CNCc1ccc(SC(C)C(C)O)c(C)c1. The van der Waals surface area contributed by atoms with Crippen molar-refractivity contribution >= 4 is 11.8 Å². The average Bonchev–Trinajstić information content (AvgIpc) is 2.22. The number of rotatable bonds is 5. The van der Waals surface area contributed by atoms with Crippen molar-refractivity contribution in [2.24, 2.45) is 0 Å². The van der Waals surface area contributed by atoms with Gasteiger partial charge in [0.1, 0.15) is 0 Å². The molecule has 1 aromatic rings. The third-order valence-electron chi connectivity index (χ3n) is 2.61. The van der Waals surface area contributed by atoms with E-state index in [0.717, 1.165) is 6.54 Å². The molecule has 0 heterocycles. The van der Waals surface area contributed by atoms with Gasteiger partial charge in [0.15, 0.2) is 0 Å². The highest BCUT2D eigenvalue weighted by Gasteiger charge is 2.11. The van der Waals surface area contributed by atoms with Gasteiger partial charge in [-0.05, 0) is 38.1 Å². The molecule has 0 aliphatic rings. The smallest absolute Gasteiger partial charge is 0.0631 e. The first-order chi connectivity index (χ1) is 7.54. The van der Waals surface area contributed by atoms with Gasteiger partial charge in [0.05, 0.1) is 6.10 Å². The Bertz CT molecular complexity index is 339. The number of benzene rings is 1. The predicted molar refractivity (Wildman–Crippen MR) is 70.9 cm³/mol. The maximum Gasteiger partial charge on any atom is 0.0631 e. The molecular weight excluding hydrogens is 218 g/mol. The van der Waals surface area contributed by atoms with Gasteiger partial charge in [-0.25, -0.2) is 0 Å². The molecule has 16 heavy (non-hydrogen) atoms. The van der Waals surface area contributed by atoms with E-state index in [9.17, 15) is 5.11 Å². The molecule has 2 unspecified atom stereocenters. The number of aryl methyl sites for hydroxylation is 1. The summed E-state index contributed by atoms with van der Waals surface area (Å²) >= 11 is 1.73. The van der Waals surface area contributed by atoms with Crippen LogP contribution in [0.2, 0.25) is 0 Å². The number of hydrogen-bond acceptors (Lipinski definition) is 3. The number of aliphatic hydroxyl groups is 1. The van der Waals surface area contributed by atoms with Gasteiger partial charge in [0, 0.05) is 16.7 Å². The van der Waals surface area contributed by atoms with E-state index in [0.29, 0.717) is 0 Å². The molecule has 0 spiro atoms. The van der Waals surface area contributed by atoms with Crippen LogP contribution in [0.15, 0.2) is 23.1 Å². The summed E-state index contributed by atoms with van der Waals surface area (Å²) in [6, 6.07) is 6.49. The Balaban J connectivity index is 2.75. The zero-order valence-electron chi connectivity index (χ0n) is 10.4. The van der Waals surface area contributed by atoms with Crippen LogP contribution in [-0.4, -0.2) is 23.5 Å². The van der Waals surface area contributed by atoms with Gasteiger partial charge in [0.2, 0.25) is 0 Å². The maximum absolute atomic E-state index is 9.48. The Hall–Kier alpha value is -0.510. The Morgan fingerprint density at radius 2 is 2.06 bits per heavy atom. The normalized spacial score (nSPS) is 14.8. The van der Waals surface area contributed by atoms with Crippen LogP contribution in [0.25, 0.3) is 0 Å². The summed E-state index contributed by atoms with van der Waals surface area (Å²) in [5, 5.41) is 12.9. The lowest BCUT2D eigenvalue weighted by atomic mass is 10.1. The summed E-state index contributed by atoms with van der Waals surface area (Å²) < 4.78 is 0. The fourth-order valence-corrected chi connectivity index (χ4v) is 2.45. The van der Waals surface area contributed by atoms with Crippen molar-refractivity contribution in [3.05, 3.63) is 29.3 Å². The highest BCUT2D eigenvalue weighted by atomic mass is 32.2. The molecule has 0 aliphatic heterocycles. The van der Waals surface area contributed by atoms with E-state index in [-0.39, 0.29) is 11.4 Å². The van der Waals surface area contributed by atoms with Crippen LogP contribution in [0.3, 0.4) is 0 Å². The number of nitrogens with one attached hydrogen (secondary N) is 1. The topological polar surface area (TPSA) is 32.3 Å². The van der Waals surface area contributed by atoms with E-state index < -0.39 is 0 Å². The Kier molecular flexibility index (Phi) is 5.32. The van der Waals surface area contributed by atoms with Gasteiger partial charge in [0.25, 0.3) is 0 Å². The van der Waals surface area contributed by atoms with Crippen molar-refractivity contribution in [1.29, 1.82) is 0 Å². The van der Waals surface area contributed by atoms with E-state index in [4.69, 9.17) is 0 Å². The average molecular weight is 239 g/mol. The first-order valence-corrected chi connectivity index (χ1v) is 6.51. The Labute approximate surface area is 102 Å². The van der Waals surface area contributed by atoms with Gasteiger partial charge < -0.3 is 10.4 Å². The standard InChI is InChI=1S/C13H21NOS/c1-9-7-12(8-14-4)5-6-13(9)16-11(3)10(2)15/h5-7,10-11,14-15H,8H2,1-4H3. The molecule has 1 aromatic carbocycles. The molecule has 0 aliphatic carbocycles. The second-order valence-electron chi connectivity index (χ2n) is 4.19. The fraction of sp³-hybridized carbons (Fsp3) is 0.538. The molecule has 0 radical (unpaired) electrons. The van der Waals surface area contributed by atoms with E-state index in [1.54, 1.807) is 11.8 Å². The third kappa shape index (κ3) is 3.81. The van der Waals surface area contributed by atoms with Crippen LogP contribution >= 0.6 is 11.8 Å². The Morgan fingerprint density at radius 3 is 2.56 bits per heavy atom. The van der Waals surface area contributed by atoms with Crippen LogP contribution in [0, 0.1) is 6.92 Å². The first kappa shape index (κ1) is 13.6. The minimum absolute atomic E-state index is 0.230. The van der Waals surface area contributed by atoms with Crippen molar-refractivity contribution in [1.82, 2.24) is 5.32 Å². The predicted octanol–water partition coefficient (Wildman–Crippen LogP) is 2.58. The maximum atomic E-state index is 9.48. The zero-order valence-corrected chi connectivity index (χ0v) is 11.3. The Morgan fingerprint density at radius 1 is 1.38 bits per heavy atom. The summed E-state index contributed by atoms with van der Waals surface area (Å²) in [4.78, 5) is 1.26. The lowest BCUT2D eigenvalue weighted by molar-refractivity contribution is 0.196. The molecule has 0 amide bonds. The third-order valence-corrected chi connectivity index (χ3v) is 4.09. The number of aliphatic hydroxyl groups excluding tert-OH is 1. The molecule has 90 valence electrons. The van der Waals surface area contributed by atoms with Crippen molar-refractivity contribution < 1.29 is 5.11 Å². The van der Waals surface area contributed by atoms with E-state index in [1.165, 1.54) is 16.0 Å². The molecule has 0 aromatic heterocycles. The second kappa shape index (κ2) is 6.28. The monoisotopic (exact) mass is 239 g/mol. The van der Waals surface area contributed by atoms with Gasteiger partial charge in [-0.2, -0.15) is 0 Å². The van der Waals surface area contributed by atoms with Crippen molar-refractivity contribution in [2.75, 3.05) is 7.05 Å². The highest BCUT2D eigenvalue weighted by molar-refractivity contribution is 8.00. The van der Waals surface area contributed by atoms with Gasteiger partial charge in [-0.3, -0.25) is 0 Å². The zero-order chi connectivity index (χ0) is 12.1.